The largest absolute Gasteiger partial charge is 0.338 e. The number of hydrogen-bond donors (Lipinski definition) is 1. The van der Waals surface area contributed by atoms with Crippen LogP contribution in [0, 0.1) is 0 Å². The summed E-state index contributed by atoms with van der Waals surface area (Å²) in [6.45, 7) is 2.78. The van der Waals surface area contributed by atoms with Crippen LogP contribution in [0.3, 0.4) is 0 Å². The van der Waals surface area contributed by atoms with Gasteiger partial charge in [-0.2, -0.15) is 4.98 Å². The minimum atomic E-state index is 0.499. The second-order valence-electron chi connectivity index (χ2n) is 2.80. The number of anilines is 1. The first-order valence-corrected chi connectivity index (χ1v) is 5.35. The molecule has 0 unspecified atom stereocenters. The van der Waals surface area contributed by atoms with Crippen LogP contribution < -0.4 is 5.32 Å². The van der Waals surface area contributed by atoms with Crippen LogP contribution >= 0.6 is 11.3 Å². The Morgan fingerprint density at radius 1 is 1.57 bits per heavy atom. The Morgan fingerprint density at radius 2 is 2.50 bits per heavy atom. The predicted octanol–water partition coefficient (Wildman–Crippen LogP) is 2.15. The molecule has 0 aliphatic heterocycles. The molecule has 0 amide bonds. The van der Waals surface area contributed by atoms with Crippen LogP contribution in [0.15, 0.2) is 22.0 Å². The van der Waals surface area contributed by atoms with Gasteiger partial charge >= 0.3 is 6.01 Å². The van der Waals surface area contributed by atoms with Crippen LogP contribution in [0.25, 0.3) is 0 Å². The molecule has 1 N–H and O–H groups in total. The van der Waals surface area contributed by atoms with E-state index in [9.17, 15) is 0 Å². The van der Waals surface area contributed by atoms with Crippen LogP contribution in [0.1, 0.15) is 17.6 Å². The molecular weight excluding hydrogens is 198 g/mol. The Balaban J connectivity index is 2.03. The number of nitrogens with one attached hydrogen (secondary N) is 1. The molecule has 2 aromatic heterocycles. The standard InChI is InChI=1S/C9H11N3OS/c1-2-10-9-11-8(12-13-9)6-7-4-3-5-14-7/h3-5H,2,6H2,1H3,(H,10,11,12). The van der Waals surface area contributed by atoms with Gasteiger partial charge in [-0.25, -0.2) is 0 Å². The summed E-state index contributed by atoms with van der Waals surface area (Å²) in [5, 5.41) is 8.88. The van der Waals surface area contributed by atoms with E-state index in [4.69, 9.17) is 4.52 Å². The van der Waals surface area contributed by atoms with Crippen LogP contribution in [0.2, 0.25) is 0 Å². The molecule has 14 heavy (non-hydrogen) atoms. The zero-order chi connectivity index (χ0) is 9.80. The van der Waals surface area contributed by atoms with Gasteiger partial charge in [0.15, 0.2) is 5.82 Å². The molecular formula is C9H11N3OS. The first-order chi connectivity index (χ1) is 6.88. The van der Waals surface area contributed by atoms with Gasteiger partial charge in [-0.1, -0.05) is 11.2 Å². The van der Waals surface area contributed by atoms with Crippen LogP contribution in [0.4, 0.5) is 6.01 Å². The van der Waals surface area contributed by atoms with Crippen molar-refractivity contribution in [2.45, 2.75) is 13.3 Å². The van der Waals surface area contributed by atoms with Gasteiger partial charge in [-0.3, -0.25) is 0 Å². The second kappa shape index (κ2) is 4.23. The lowest BCUT2D eigenvalue weighted by Gasteiger charge is -1.90. The maximum absolute atomic E-state index is 4.99. The van der Waals surface area contributed by atoms with Crippen molar-refractivity contribution >= 4 is 17.4 Å². The lowest BCUT2D eigenvalue weighted by molar-refractivity contribution is 0.424. The van der Waals surface area contributed by atoms with E-state index in [1.807, 2.05) is 18.4 Å². The Bertz CT molecular complexity index is 382. The molecule has 2 aromatic rings. The summed E-state index contributed by atoms with van der Waals surface area (Å²) in [6.07, 6.45) is 0.743. The second-order valence-corrected chi connectivity index (χ2v) is 3.83. The van der Waals surface area contributed by atoms with Crippen molar-refractivity contribution in [1.82, 2.24) is 10.1 Å². The van der Waals surface area contributed by atoms with E-state index >= 15 is 0 Å². The molecule has 4 nitrogen and oxygen atoms in total. The fraction of sp³-hybridized carbons (Fsp3) is 0.333. The van der Waals surface area contributed by atoms with Gasteiger partial charge in [0.2, 0.25) is 0 Å². The van der Waals surface area contributed by atoms with E-state index in [2.05, 4.69) is 21.5 Å². The average molecular weight is 209 g/mol. The van der Waals surface area contributed by atoms with Crippen molar-refractivity contribution in [3.05, 3.63) is 28.2 Å². The molecule has 0 saturated carbocycles. The predicted molar refractivity (Wildman–Crippen MR) is 55.6 cm³/mol. The first-order valence-electron chi connectivity index (χ1n) is 4.47. The number of rotatable bonds is 4. The molecule has 0 aromatic carbocycles. The average Bonchev–Trinajstić information content (AvgIpc) is 2.79. The Kier molecular flexibility index (Phi) is 2.78. The quantitative estimate of drug-likeness (QED) is 0.838. The number of hydrogen-bond acceptors (Lipinski definition) is 5. The van der Waals surface area contributed by atoms with E-state index in [0.29, 0.717) is 6.01 Å². The van der Waals surface area contributed by atoms with Crippen molar-refractivity contribution in [3.8, 4) is 0 Å². The molecule has 0 aliphatic carbocycles. The van der Waals surface area contributed by atoms with Gasteiger partial charge in [0.05, 0.1) is 0 Å². The van der Waals surface area contributed by atoms with E-state index in [1.54, 1.807) is 11.3 Å². The normalized spacial score (nSPS) is 10.4. The van der Waals surface area contributed by atoms with Crippen molar-refractivity contribution in [1.29, 1.82) is 0 Å². The maximum atomic E-state index is 4.99. The summed E-state index contributed by atoms with van der Waals surface area (Å²) < 4.78 is 4.99. The highest BCUT2D eigenvalue weighted by Crippen LogP contribution is 2.13. The maximum Gasteiger partial charge on any atom is 0.321 e. The number of thiophene rings is 1. The van der Waals surface area contributed by atoms with Crippen molar-refractivity contribution in [2.75, 3.05) is 11.9 Å². The van der Waals surface area contributed by atoms with Gasteiger partial charge in [-0.05, 0) is 18.4 Å². The van der Waals surface area contributed by atoms with E-state index in [1.165, 1.54) is 4.88 Å². The Hall–Kier alpha value is -1.36. The smallest absolute Gasteiger partial charge is 0.321 e. The Morgan fingerprint density at radius 3 is 3.21 bits per heavy atom. The fourth-order valence-corrected chi connectivity index (χ4v) is 1.82. The molecule has 0 aliphatic rings. The number of nitrogens with zero attached hydrogens (tertiary/aromatic N) is 2. The molecule has 0 spiro atoms. The fourth-order valence-electron chi connectivity index (χ4n) is 1.12. The zero-order valence-corrected chi connectivity index (χ0v) is 8.67. The lowest BCUT2D eigenvalue weighted by Crippen LogP contribution is -1.96. The van der Waals surface area contributed by atoms with Gasteiger partial charge in [0.25, 0.3) is 0 Å². The highest BCUT2D eigenvalue weighted by atomic mass is 32.1. The summed E-state index contributed by atoms with van der Waals surface area (Å²) in [5.41, 5.74) is 0. The number of aromatic nitrogens is 2. The monoisotopic (exact) mass is 209 g/mol. The lowest BCUT2D eigenvalue weighted by atomic mass is 10.3. The zero-order valence-electron chi connectivity index (χ0n) is 7.86. The molecule has 0 saturated heterocycles. The summed E-state index contributed by atoms with van der Waals surface area (Å²) in [4.78, 5) is 5.44. The topological polar surface area (TPSA) is 51.0 Å². The summed E-state index contributed by atoms with van der Waals surface area (Å²) in [7, 11) is 0. The highest BCUT2D eigenvalue weighted by Gasteiger charge is 2.05. The summed E-state index contributed by atoms with van der Waals surface area (Å²) >= 11 is 1.70. The van der Waals surface area contributed by atoms with Crippen LogP contribution in [-0.2, 0) is 6.42 Å². The van der Waals surface area contributed by atoms with Crippen LogP contribution in [0.5, 0.6) is 0 Å². The third kappa shape index (κ3) is 2.11. The highest BCUT2D eigenvalue weighted by molar-refractivity contribution is 7.09. The third-order valence-corrected chi connectivity index (χ3v) is 2.58. The van der Waals surface area contributed by atoms with E-state index in [-0.39, 0.29) is 0 Å². The molecule has 0 fully saturated rings. The molecule has 5 heteroatoms. The molecule has 0 atom stereocenters. The minimum absolute atomic E-state index is 0.499. The first kappa shape index (κ1) is 9.21. The SMILES string of the molecule is CCNc1nc(Cc2cccs2)no1. The van der Waals surface area contributed by atoms with Gasteiger partial charge in [0, 0.05) is 17.8 Å². The van der Waals surface area contributed by atoms with Crippen LogP contribution in [-0.4, -0.2) is 16.7 Å². The van der Waals surface area contributed by atoms with Gasteiger partial charge in [0.1, 0.15) is 0 Å². The van der Waals surface area contributed by atoms with Crippen molar-refractivity contribution in [2.24, 2.45) is 0 Å². The van der Waals surface area contributed by atoms with Crippen molar-refractivity contribution < 1.29 is 4.52 Å². The molecule has 0 bridgehead atoms. The van der Waals surface area contributed by atoms with E-state index in [0.717, 1.165) is 18.8 Å². The molecule has 74 valence electrons. The third-order valence-electron chi connectivity index (χ3n) is 1.71. The molecule has 0 radical (unpaired) electrons. The minimum Gasteiger partial charge on any atom is -0.338 e. The Labute approximate surface area is 86.0 Å². The summed E-state index contributed by atoms with van der Waals surface area (Å²) in [5.74, 6) is 0.725. The van der Waals surface area contributed by atoms with Gasteiger partial charge in [-0.15, -0.1) is 11.3 Å². The van der Waals surface area contributed by atoms with E-state index < -0.39 is 0 Å². The molecule has 2 heterocycles. The van der Waals surface area contributed by atoms with Gasteiger partial charge < -0.3 is 9.84 Å². The molecule has 2 rings (SSSR count). The van der Waals surface area contributed by atoms with Crippen molar-refractivity contribution in [3.63, 3.8) is 0 Å². The summed E-state index contributed by atoms with van der Waals surface area (Å²) in [6, 6.07) is 4.58.